The molecule has 2 heterocycles. The number of halogens is 1. The average molecular weight is 401 g/mol. The first-order chi connectivity index (χ1) is 12.1. The molecule has 128 valence electrons. The van der Waals surface area contributed by atoms with Gasteiger partial charge in [0.05, 0.1) is 6.54 Å². The van der Waals surface area contributed by atoms with Gasteiger partial charge in [-0.25, -0.2) is 0 Å². The van der Waals surface area contributed by atoms with Gasteiger partial charge in [0.1, 0.15) is 6.54 Å². The number of hydrogen-bond acceptors (Lipinski definition) is 3. The molecular weight excluding hydrogens is 384 g/mol. The molecule has 25 heavy (non-hydrogen) atoms. The van der Waals surface area contributed by atoms with Gasteiger partial charge in [0.15, 0.2) is 0 Å². The summed E-state index contributed by atoms with van der Waals surface area (Å²) in [5.74, 6) is -0.214. The maximum atomic E-state index is 12.2. The maximum absolute atomic E-state index is 12.2. The zero-order valence-corrected chi connectivity index (χ0v) is 15.0. The lowest BCUT2D eigenvalue weighted by atomic mass is 10.1. The molecule has 1 N–H and O–H groups in total. The van der Waals surface area contributed by atoms with Gasteiger partial charge in [0, 0.05) is 35.7 Å². The van der Waals surface area contributed by atoms with Crippen LogP contribution in [0.2, 0.25) is 0 Å². The lowest BCUT2D eigenvalue weighted by Crippen LogP contribution is -2.31. The van der Waals surface area contributed by atoms with Gasteiger partial charge in [-0.05, 0) is 39.2 Å². The first kappa shape index (κ1) is 17.2. The third-order valence-corrected chi connectivity index (χ3v) is 4.22. The molecule has 0 saturated carbocycles. The lowest BCUT2D eigenvalue weighted by molar-refractivity contribution is -0.121. The molecule has 0 bridgehead atoms. The van der Waals surface area contributed by atoms with Gasteiger partial charge in [-0.1, -0.05) is 24.3 Å². The van der Waals surface area contributed by atoms with Crippen molar-refractivity contribution >= 4 is 21.8 Å². The van der Waals surface area contributed by atoms with Crippen molar-refractivity contribution in [3.63, 3.8) is 0 Å². The van der Waals surface area contributed by atoms with Crippen LogP contribution in [0.1, 0.15) is 11.1 Å². The van der Waals surface area contributed by atoms with E-state index in [-0.39, 0.29) is 18.0 Å². The van der Waals surface area contributed by atoms with Crippen LogP contribution >= 0.6 is 15.9 Å². The number of rotatable bonds is 6. The number of benzene rings is 1. The Morgan fingerprint density at radius 2 is 1.92 bits per heavy atom. The fraction of sp³-hybridized carbons (Fsp3) is 0.167. The number of aromatic nitrogens is 3. The molecule has 0 fully saturated rings. The van der Waals surface area contributed by atoms with Gasteiger partial charge < -0.3 is 9.88 Å². The van der Waals surface area contributed by atoms with Crippen molar-refractivity contribution in [1.29, 1.82) is 0 Å². The molecule has 2 aromatic heterocycles. The molecule has 0 spiro atoms. The van der Waals surface area contributed by atoms with Crippen LogP contribution in [-0.4, -0.2) is 20.3 Å². The van der Waals surface area contributed by atoms with Gasteiger partial charge in [-0.2, -0.15) is 5.10 Å². The molecule has 3 aromatic rings. The van der Waals surface area contributed by atoms with E-state index in [0.29, 0.717) is 13.1 Å². The van der Waals surface area contributed by atoms with Gasteiger partial charge >= 0.3 is 0 Å². The molecule has 1 aromatic carbocycles. The van der Waals surface area contributed by atoms with Crippen molar-refractivity contribution in [2.24, 2.45) is 0 Å². The highest BCUT2D eigenvalue weighted by Crippen LogP contribution is 2.10. The Hall–Kier alpha value is -2.67. The number of carbonyl (C=O) groups excluding carboxylic acids is 1. The summed E-state index contributed by atoms with van der Waals surface area (Å²) in [6.07, 6.45) is 5.24. The molecule has 0 saturated heterocycles. The van der Waals surface area contributed by atoms with Crippen LogP contribution in [0.5, 0.6) is 0 Å². The van der Waals surface area contributed by atoms with Crippen LogP contribution in [0.4, 0.5) is 0 Å². The fourth-order valence-electron chi connectivity index (χ4n) is 2.48. The van der Waals surface area contributed by atoms with Crippen LogP contribution in [0, 0.1) is 0 Å². The van der Waals surface area contributed by atoms with E-state index in [0.717, 1.165) is 15.6 Å². The second-order valence-electron chi connectivity index (χ2n) is 5.56. The van der Waals surface area contributed by atoms with Crippen molar-refractivity contribution in [2.45, 2.75) is 19.6 Å². The van der Waals surface area contributed by atoms with E-state index in [1.807, 2.05) is 41.2 Å². The van der Waals surface area contributed by atoms with Crippen molar-refractivity contribution in [3.05, 3.63) is 87.0 Å². The highest BCUT2D eigenvalue weighted by atomic mass is 79.9. The SMILES string of the molecule is O=C(Cn1cc(Br)ccc1=O)NCc1ccccc1Cn1cccn1. The summed E-state index contributed by atoms with van der Waals surface area (Å²) in [7, 11) is 0. The smallest absolute Gasteiger partial charge is 0.251 e. The lowest BCUT2D eigenvalue weighted by Gasteiger charge is -2.12. The molecule has 0 aliphatic rings. The molecule has 7 heteroatoms. The van der Waals surface area contributed by atoms with E-state index >= 15 is 0 Å². The molecule has 0 radical (unpaired) electrons. The number of nitrogens with zero attached hydrogens (tertiary/aromatic N) is 3. The summed E-state index contributed by atoms with van der Waals surface area (Å²) in [4.78, 5) is 23.9. The molecule has 6 nitrogen and oxygen atoms in total. The summed E-state index contributed by atoms with van der Waals surface area (Å²) in [6, 6.07) is 12.9. The Kier molecular flexibility index (Phi) is 5.45. The molecule has 0 atom stereocenters. The molecular formula is C18H17BrN4O2. The van der Waals surface area contributed by atoms with E-state index in [2.05, 4.69) is 26.3 Å². The molecule has 0 unspecified atom stereocenters. The monoisotopic (exact) mass is 400 g/mol. The Morgan fingerprint density at radius 1 is 1.12 bits per heavy atom. The minimum absolute atomic E-state index is 0.0143. The van der Waals surface area contributed by atoms with Gasteiger partial charge in [-0.3, -0.25) is 14.3 Å². The highest BCUT2D eigenvalue weighted by molar-refractivity contribution is 9.10. The van der Waals surface area contributed by atoms with Crippen LogP contribution in [0.25, 0.3) is 0 Å². The van der Waals surface area contributed by atoms with Gasteiger partial charge in [-0.15, -0.1) is 0 Å². The Bertz CT molecular complexity index is 919. The van der Waals surface area contributed by atoms with Crippen molar-refractivity contribution in [2.75, 3.05) is 0 Å². The van der Waals surface area contributed by atoms with Crippen LogP contribution < -0.4 is 10.9 Å². The molecule has 1 amide bonds. The minimum atomic E-state index is -0.214. The van der Waals surface area contributed by atoms with Gasteiger partial charge in [0.25, 0.3) is 5.56 Å². The summed E-state index contributed by atoms with van der Waals surface area (Å²) in [5.41, 5.74) is 1.90. The third kappa shape index (κ3) is 4.67. The van der Waals surface area contributed by atoms with Crippen LogP contribution in [0.3, 0.4) is 0 Å². The topological polar surface area (TPSA) is 68.9 Å². The zero-order chi connectivity index (χ0) is 17.6. The van der Waals surface area contributed by atoms with E-state index in [1.54, 1.807) is 18.5 Å². The third-order valence-electron chi connectivity index (χ3n) is 3.75. The number of nitrogens with one attached hydrogen (secondary N) is 1. The molecule has 0 aliphatic carbocycles. The second-order valence-corrected chi connectivity index (χ2v) is 6.48. The quantitative estimate of drug-likeness (QED) is 0.689. The predicted molar refractivity (Wildman–Crippen MR) is 98.0 cm³/mol. The Labute approximate surface area is 153 Å². The van der Waals surface area contributed by atoms with E-state index in [9.17, 15) is 9.59 Å². The molecule has 3 rings (SSSR count). The minimum Gasteiger partial charge on any atom is -0.350 e. The van der Waals surface area contributed by atoms with E-state index in [4.69, 9.17) is 0 Å². The Balaban J connectivity index is 1.64. The Morgan fingerprint density at radius 3 is 2.68 bits per heavy atom. The van der Waals surface area contributed by atoms with E-state index < -0.39 is 0 Å². The van der Waals surface area contributed by atoms with E-state index in [1.165, 1.54) is 10.6 Å². The summed E-state index contributed by atoms with van der Waals surface area (Å²) >= 11 is 3.30. The second kappa shape index (κ2) is 7.94. The molecule has 0 aliphatic heterocycles. The number of carbonyl (C=O) groups is 1. The number of hydrogen-bond donors (Lipinski definition) is 1. The maximum Gasteiger partial charge on any atom is 0.251 e. The van der Waals surface area contributed by atoms with Crippen molar-refractivity contribution in [1.82, 2.24) is 19.7 Å². The summed E-state index contributed by atoms with van der Waals surface area (Å²) in [6.45, 7) is 1.03. The van der Waals surface area contributed by atoms with Crippen molar-refractivity contribution < 1.29 is 4.79 Å². The first-order valence-electron chi connectivity index (χ1n) is 7.79. The first-order valence-corrected chi connectivity index (χ1v) is 8.58. The normalized spacial score (nSPS) is 10.6. The highest BCUT2D eigenvalue weighted by Gasteiger charge is 2.07. The van der Waals surface area contributed by atoms with Crippen molar-refractivity contribution in [3.8, 4) is 0 Å². The zero-order valence-electron chi connectivity index (χ0n) is 13.4. The average Bonchev–Trinajstić information content (AvgIpc) is 3.10. The van der Waals surface area contributed by atoms with Gasteiger partial charge in [0.2, 0.25) is 5.91 Å². The standard InChI is InChI=1S/C18H17BrN4O2/c19-16-6-7-18(25)22(12-16)13-17(24)20-10-14-4-1-2-5-15(14)11-23-9-3-8-21-23/h1-9,12H,10-11,13H2,(H,20,24). The number of amides is 1. The van der Waals surface area contributed by atoms with Crippen LogP contribution in [-0.2, 0) is 24.4 Å². The largest absolute Gasteiger partial charge is 0.350 e. The number of pyridine rings is 1. The summed E-state index contributed by atoms with van der Waals surface area (Å²) < 4.78 is 3.96. The fourth-order valence-corrected chi connectivity index (χ4v) is 2.86. The predicted octanol–water partition coefficient (Wildman–Crippen LogP) is 2.17. The van der Waals surface area contributed by atoms with Crippen LogP contribution in [0.15, 0.2) is 70.3 Å². The summed E-state index contributed by atoms with van der Waals surface area (Å²) in [5, 5.41) is 7.08.